The van der Waals surface area contributed by atoms with E-state index in [-0.39, 0.29) is 0 Å². The molecule has 1 N–H and O–H groups in total. The minimum Gasteiger partial charge on any atom is -0.385 e. The minimum atomic E-state index is 0.751. The number of unbranched alkanes of at least 4 members (excludes halogenated alkanes) is 1. The van der Waals surface area contributed by atoms with Gasteiger partial charge in [0.25, 0.3) is 0 Å². The van der Waals surface area contributed by atoms with Crippen LogP contribution in [-0.4, -0.2) is 26.3 Å². The van der Waals surface area contributed by atoms with E-state index in [2.05, 4.69) is 26.1 Å². The number of methoxy groups -OCH3 is 1. The maximum atomic E-state index is 5.08. The van der Waals surface area contributed by atoms with Crippen LogP contribution in [0.3, 0.4) is 0 Å². The second-order valence-corrected chi connectivity index (χ2v) is 6.09. The molecule has 0 aromatic rings. The summed E-state index contributed by atoms with van der Waals surface area (Å²) in [6, 6.07) is 0.751. The van der Waals surface area contributed by atoms with E-state index in [0.717, 1.165) is 36.9 Å². The second kappa shape index (κ2) is 8.10. The quantitative estimate of drug-likeness (QED) is 0.689. The van der Waals surface area contributed by atoms with Crippen molar-refractivity contribution in [2.45, 2.75) is 58.9 Å². The number of ether oxygens (including phenoxy) is 1. The maximum absolute atomic E-state index is 5.08. The monoisotopic (exact) mass is 241 g/mol. The normalized spacial score (nSPS) is 29.8. The molecule has 1 aliphatic carbocycles. The van der Waals surface area contributed by atoms with E-state index in [4.69, 9.17) is 4.74 Å². The molecule has 102 valence electrons. The van der Waals surface area contributed by atoms with Gasteiger partial charge >= 0.3 is 0 Å². The van der Waals surface area contributed by atoms with Crippen LogP contribution in [0.5, 0.6) is 0 Å². The van der Waals surface area contributed by atoms with Crippen LogP contribution in [0.2, 0.25) is 0 Å². The van der Waals surface area contributed by atoms with Gasteiger partial charge in [-0.25, -0.2) is 0 Å². The Kier molecular flexibility index (Phi) is 7.14. The fourth-order valence-corrected chi connectivity index (χ4v) is 3.10. The van der Waals surface area contributed by atoms with Crippen molar-refractivity contribution in [1.82, 2.24) is 5.32 Å². The smallest absolute Gasteiger partial charge is 0.0462 e. The first-order valence-corrected chi connectivity index (χ1v) is 7.37. The van der Waals surface area contributed by atoms with E-state index in [1.807, 2.05) is 0 Å². The fourth-order valence-electron chi connectivity index (χ4n) is 3.10. The van der Waals surface area contributed by atoms with Gasteiger partial charge in [0.15, 0.2) is 0 Å². The predicted octanol–water partition coefficient (Wildman–Crippen LogP) is 3.46. The van der Waals surface area contributed by atoms with Gasteiger partial charge in [0, 0.05) is 19.8 Å². The zero-order valence-electron chi connectivity index (χ0n) is 12.2. The van der Waals surface area contributed by atoms with Crippen LogP contribution < -0.4 is 5.32 Å². The van der Waals surface area contributed by atoms with Crippen molar-refractivity contribution in [1.29, 1.82) is 0 Å². The van der Waals surface area contributed by atoms with E-state index in [0.29, 0.717) is 0 Å². The molecule has 0 aromatic carbocycles. The van der Waals surface area contributed by atoms with Gasteiger partial charge in [-0.2, -0.15) is 0 Å². The SMILES string of the molecule is COCCCCNC1CC(C)CCC1C(C)C. The van der Waals surface area contributed by atoms with Crippen molar-refractivity contribution in [3.05, 3.63) is 0 Å². The molecule has 0 aliphatic heterocycles. The largest absolute Gasteiger partial charge is 0.385 e. The van der Waals surface area contributed by atoms with Crippen LogP contribution in [0.4, 0.5) is 0 Å². The third kappa shape index (κ3) is 5.39. The van der Waals surface area contributed by atoms with E-state index in [1.54, 1.807) is 7.11 Å². The van der Waals surface area contributed by atoms with E-state index in [1.165, 1.54) is 32.1 Å². The van der Waals surface area contributed by atoms with Gasteiger partial charge in [-0.15, -0.1) is 0 Å². The van der Waals surface area contributed by atoms with Crippen LogP contribution in [0.25, 0.3) is 0 Å². The molecule has 1 saturated carbocycles. The molecule has 0 heterocycles. The molecular formula is C15H31NO. The summed E-state index contributed by atoms with van der Waals surface area (Å²) in [6.45, 7) is 9.21. The summed E-state index contributed by atoms with van der Waals surface area (Å²) in [5, 5.41) is 3.79. The van der Waals surface area contributed by atoms with E-state index < -0.39 is 0 Å². The van der Waals surface area contributed by atoms with Crippen molar-refractivity contribution in [2.24, 2.45) is 17.8 Å². The fraction of sp³-hybridized carbons (Fsp3) is 1.00. The Morgan fingerprint density at radius 1 is 1.24 bits per heavy atom. The Labute approximate surface area is 108 Å². The third-order valence-electron chi connectivity index (χ3n) is 4.20. The molecule has 1 fully saturated rings. The first-order valence-electron chi connectivity index (χ1n) is 7.37. The number of rotatable bonds is 7. The van der Waals surface area contributed by atoms with Gasteiger partial charge in [-0.1, -0.05) is 27.2 Å². The Morgan fingerprint density at radius 2 is 2.00 bits per heavy atom. The van der Waals surface area contributed by atoms with Crippen molar-refractivity contribution < 1.29 is 4.74 Å². The average Bonchev–Trinajstić information content (AvgIpc) is 2.28. The predicted molar refractivity (Wildman–Crippen MR) is 74.2 cm³/mol. The van der Waals surface area contributed by atoms with Gasteiger partial charge in [0.05, 0.1) is 0 Å². The summed E-state index contributed by atoms with van der Waals surface area (Å²) >= 11 is 0. The topological polar surface area (TPSA) is 21.3 Å². The van der Waals surface area contributed by atoms with Gasteiger partial charge in [-0.05, 0) is 50.0 Å². The average molecular weight is 241 g/mol. The highest BCUT2D eigenvalue weighted by Gasteiger charge is 2.29. The Hall–Kier alpha value is -0.0800. The molecule has 2 heteroatoms. The lowest BCUT2D eigenvalue weighted by Gasteiger charge is -2.38. The summed E-state index contributed by atoms with van der Waals surface area (Å²) in [6.07, 6.45) is 6.62. The summed E-state index contributed by atoms with van der Waals surface area (Å²) in [7, 11) is 1.78. The van der Waals surface area contributed by atoms with Crippen molar-refractivity contribution in [3.8, 4) is 0 Å². The zero-order chi connectivity index (χ0) is 12.7. The lowest BCUT2D eigenvalue weighted by molar-refractivity contribution is 0.165. The standard InChI is InChI=1S/C15H31NO/c1-12(2)14-8-7-13(3)11-15(14)16-9-5-6-10-17-4/h12-16H,5-11H2,1-4H3. The lowest BCUT2D eigenvalue weighted by Crippen LogP contribution is -2.43. The second-order valence-electron chi connectivity index (χ2n) is 6.09. The molecule has 17 heavy (non-hydrogen) atoms. The molecule has 0 aromatic heterocycles. The summed E-state index contributed by atoms with van der Waals surface area (Å²) in [5.41, 5.74) is 0. The van der Waals surface area contributed by atoms with Crippen LogP contribution in [0.15, 0.2) is 0 Å². The molecule has 3 atom stereocenters. The van der Waals surface area contributed by atoms with Crippen LogP contribution >= 0.6 is 0 Å². The number of nitrogens with one attached hydrogen (secondary N) is 1. The minimum absolute atomic E-state index is 0.751. The molecule has 0 radical (unpaired) electrons. The first kappa shape index (κ1) is 15.0. The molecule has 3 unspecified atom stereocenters. The Morgan fingerprint density at radius 3 is 2.65 bits per heavy atom. The molecule has 2 nitrogen and oxygen atoms in total. The lowest BCUT2D eigenvalue weighted by atomic mass is 9.74. The Bertz CT molecular complexity index is 193. The maximum Gasteiger partial charge on any atom is 0.0462 e. The van der Waals surface area contributed by atoms with Crippen LogP contribution in [-0.2, 0) is 4.74 Å². The number of hydrogen-bond donors (Lipinski definition) is 1. The Balaban J connectivity index is 2.26. The molecule has 0 saturated heterocycles. The van der Waals surface area contributed by atoms with Crippen molar-refractivity contribution in [2.75, 3.05) is 20.3 Å². The first-order chi connectivity index (χ1) is 8.15. The number of hydrogen-bond acceptors (Lipinski definition) is 2. The van der Waals surface area contributed by atoms with Crippen LogP contribution in [0.1, 0.15) is 52.9 Å². The molecule has 0 amide bonds. The van der Waals surface area contributed by atoms with E-state index >= 15 is 0 Å². The van der Waals surface area contributed by atoms with E-state index in [9.17, 15) is 0 Å². The highest BCUT2D eigenvalue weighted by Crippen LogP contribution is 2.33. The molecular weight excluding hydrogens is 210 g/mol. The van der Waals surface area contributed by atoms with Crippen molar-refractivity contribution >= 4 is 0 Å². The van der Waals surface area contributed by atoms with Gasteiger partial charge < -0.3 is 10.1 Å². The van der Waals surface area contributed by atoms with Gasteiger partial charge in [0.2, 0.25) is 0 Å². The molecule has 0 spiro atoms. The third-order valence-corrected chi connectivity index (χ3v) is 4.20. The molecule has 1 aliphatic rings. The van der Waals surface area contributed by atoms with Crippen LogP contribution in [0, 0.1) is 17.8 Å². The van der Waals surface area contributed by atoms with Crippen molar-refractivity contribution in [3.63, 3.8) is 0 Å². The summed E-state index contributed by atoms with van der Waals surface area (Å²) in [4.78, 5) is 0. The van der Waals surface area contributed by atoms with Gasteiger partial charge in [-0.3, -0.25) is 0 Å². The summed E-state index contributed by atoms with van der Waals surface area (Å²) in [5.74, 6) is 2.61. The highest BCUT2D eigenvalue weighted by atomic mass is 16.5. The molecule has 1 rings (SSSR count). The summed E-state index contributed by atoms with van der Waals surface area (Å²) < 4.78 is 5.08. The van der Waals surface area contributed by atoms with Gasteiger partial charge in [0.1, 0.15) is 0 Å². The molecule has 0 bridgehead atoms. The zero-order valence-corrected chi connectivity index (χ0v) is 12.2. The highest BCUT2D eigenvalue weighted by molar-refractivity contribution is 4.85.